The second kappa shape index (κ2) is 6.00. The summed E-state index contributed by atoms with van der Waals surface area (Å²) >= 11 is 3.31. The van der Waals surface area contributed by atoms with Gasteiger partial charge in [0.25, 0.3) is 5.91 Å². The molecule has 1 aromatic carbocycles. The van der Waals surface area contributed by atoms with Crippen molar-refractivity contribution in [1.82, 2.24) is 10.6 Å². The van der Waals surface area contributed by atoms with Gasteiger partial charge in [0.2, 0.25) is 5.91 Å². The molecule has 0 saturated heterocycles. The summed E-state index contributed by atoms with van der Waals surface area (Å²) in [6.07, 6.45) is 0. The zero-order chi connectivity index (χ0) is 13.8. The first kappa shape index (κ1) is 14.7. The first-order chi connectivity index (χ1) is 8.36. The van der Waals surface area contributed by atoms with Crippen molar-refractivity contribution in [2.45, 2.75) is 13.8 Å². The Morgan fingerprint density at radius 1 is 1.33 bits per heavy atom. The van der Waals surface area contributed by atoms with Gasteiger partial charge in [-0.25, -0.2) is 0 Å². The van der Waals surface area contributed by atoms with Crippen molar-refractivity contribution in [2.24, 2.45) is 5.41 Å². The van der Waals surface area contributed by atoms with Gasteiger partial charge in [0.1, 0.15) is 0 Å². The molecule has 98 valence electrons. The van der Waals surface area contributed by atoms with Crippen LogP contribution in [0.4, 0.5) is 0 Å². The van der Waals surface area contributed by atoms with Crippen LogP contribution in [0.25, 0.3) is 0 Å². The van der Waals surface area contributed by atoms with E-state index >= 15 is 0 Å². The highest BCUT2D eigenvalue weighted by Crippen LogP contribution is 2.15. The summed E-state index contributed by atoms with van der Waals surface area (Å²) < 4.78 is 0.848. The molecule has 0 spiro atoms. The standard InChI is InChI=1S/C13H17BrN2O2/c1-13(2,12(18)15-3)8-16-11(17)9-5-4-6-10(14)7-9/h4-7H,8H2,1-3H3,(H,15,18)(H,16,17). The minimum Gasteiger partial charge on any atom is -0.359 e. The summed E-state index contributed by atoms with van der Waals surface area (Å²) in [4.78, 5) is 23.5. The molecule has 0 bridgehead atoms. The second-order valence-corrected chi connectivity index (χ2v) is 5.57. The fraction of sp³-hybridized carbons (Fsp3) is 0.385. The third-order valence-electron chi connectivity index (χ3n) is 2.62. The molecule has 4 nitrogen and oxygen atoms in total. The number of hydrogen-bond acceptors (Lipinski definition) is 2. The molecule has 0 aliphatic carbocycles. The van der Waals surface area contributed by atoms with E-state index in [2.05, 4.69) is 26.6 Å². The van der Waals surface area contributed by atoms with Crippen molar-refractivity contribution in [3.8, 4) is 0 Å². The third kappa shape index (κ3) is 3.84. The van der Waals surface area contributed by atoms with E-state index in [0.29, 0.717) is 5.56 Å². The lowest BCUT2D eigenvalue weighted by Crippen LogP contribution is -2.43. The zero-order valence-corrected chi connectivity index (χ0v) is 12.3. The van der Waals surface area contributed by atoms with E-state index in [4.69, 9.17) is 0 Å². The lowest BCUT2D eigenvalue weighted by atomic mass is 9.92. The topological polar surface area (TPSA) is 58.2 Å². The highest BCUT2D eigenvalue weighted by Gasteiger charge is 2.27. The highest BCUT2D eigenvalue weighted by molar-refractivity contribution is 9.10. The molecule has 0 aliphatic heterocycles. The first-order valence-electron chi connectivity index (χ1n) is 5.63. The number of carbonyl (C=O) groups excluding carboxylic acids is 2. The van der Waals surface area contributed by atoms with E-state index in [1.807, 2.05) is 6.07 Å². The van der Waals surface area contributed by atoms with Crippen LogP contribution in [0.1, 0.15) is 24.2 Å². The number of hydrogen-bond donors (Lipinski definition) is 2. The fourth-order valence-corrected chi connectivity index (χ4v) is 1.85. The van der Waals surface area contributed by atoms with Crippen LogP contribution in [-0.2, 0) is 4.79 Å². The summed E-state index contributed by atoms with van der Waals surface area (Å²) in [6, 6.07) is 7.11. The minimum absolute atomic E-state index is 0.1000. The minimum atomic E-state index is -0.629. The second-order valence-electron chi connectivity index (χ2n) is 4.66. The number of halogens is 1. The van der Waals surface area contributed by atoms with E-state index < -0.39 is 5.41 Å². The van der Waals surface area contributed by atoms with Crippen LogP contribution in [0.15, 0.2) is 28.7 Å². The summed E-state index contributed by atoms with van der Waals surface area (Å²) in [5.41, 5.74) is -0.0618. The molecule has 0 unspecified atom stereocenters. The van der Waals surface area contributed by atoms with Gasteiger partial charge in [-0.15, -0.1) is 0 Å². The van der Waals surface area contributed by atoms with Gasteiger partial charge in [0, 0.05) is 23.6 Å². The lowest BCUT2D eigenvalue weighted by Gasteiger charge is -2.22. The highest BCUT2D eigenvalue weighted by atomic mass is 79.9. The SMILES string of the molecule is CNC(=O)C(C)(C)CNC(=O)c1cccc(Br)c1. The zero-order valence-electron chi connectivity index (χ0n) is 10.7. The Bertz CT molecular complexity index is 458. The molecule has 18 heavy (non-hydrogen) atoms. The number of nitrogens with one attached hydrogen (secondary N) is 2. The average Bonchev–Trinajstić information content (AvgIpc) is 2.35. The van der Waals surface area contributed by atoms with Gasteiger partial charge in [-0.1, -0.05) is 22.0 Å². The fourth-order valence-electron chi connectivity index (χ4n) is 1.45. The Morgan fingerprint density at radius 2 is 2.00 bits per heavy atom. The van der Waals surface area contributed by atoms with Crippen molar-refractivity contribution in [3.05, 3.63) is 34.3 Å². The number of rotatable bonds is 4. The summed E-state index contributed by atoms with van der Waals surface area (Å²) in [5.74, 6) is -0.287. The maximum Gasteiger partial charge on any atom is 0.251 e. The Morgan fingerprint density at radius 3 is 2.56 bits per heavy atom. The number of benzene rings is 1. The molecule has 5 heteroatoms. The van der Waals surface area contributed by atoms with Gasteiger partial charge >= 0.3 is 0 Å². The molecule has 0 atom stereocenters. The maximum atomic E-state index is 11.9. The van der Waals surface area contributed by atoms with Gasteiger partial charge in [0.05, 0.1) is 5.41 Å². The Balaban J connectivity index is 2.64. The van der Waals surface area contributed by atoms with E-state index in [1.165, 1.54) is 0 Å². The van der Waals surface area contributed by atoms with Crippen LogP contribution < -0.4 is 10.6 Å². The van der Waals surface area contributed by atoms with Crippen LogP contribution in [0.2, 0.25) is 0 Å². The van der Waals surface area contributed by atoms with Crippen molar-refractivity contribution in [1.29, 1.82) is 0 Å². The monoisotopic (exact) mass is 312 g/mol. The van der Waals surface area contributed by atoms with Crippen LogP contribution in [-0.4, -0.2) is 25.4 Å². The van der Waals surface area contributed by atoms with Crippen LogP contribution >= 0.6 is 15.9 Å². The average molecular weight is 313 g/mol. The predicted octanol–water partition coefficient (Wildman–Crippen LogP) is 1.95. The molecule has 0 radical (unpaired) electrons. The maximum absolute atomic E-state index is 11.9. The van der Waals surface area contributed by atoms with Gasteiger partial charge in [-0.2, -0.15) is 0 Å². The number of amides is 2. The molecule has 0 aliphatic rings. The van der Waals surface area contributed by atoms with E-state index in [0.717, 1.165) is 4.47 Å². The summed E-state index contributed by atoms with van der Waals surface area (Å²) in [5, 5.41) is 5.34. The molecule has 0 fully saturated rings. The normalized spacial score (nSPS) is 10.9. The summed E-state index contributed by atoms with van der Waals surface area (Å²) in [7, 11) is 1.58. The first-order valence-corrected chi connectivity index (χ1v) is 6.42. The van der Waals surface area contributed by atoms with Gasteiger partial charge in [-0.3, -0.25) is 9.59 Å². The molecule has 1 aromatic rings. The molecule has 0 saturated carbocycles. The molecular weight excluding hydrogens is 296 g/mol. The van der Waals surface area contributed by atoms with Gasteiger partial charge in [0.15, 0.2) is 0 Å². The predicted molar refractivity (Wildman–Crippen MR) is 74.3 cm³/mol. The van der Waals surface area contributed by atoms with Crippen LogP contribution in [0, 0.1) is 5.41 Å². The van der Waals surface area contributed by atoms with Crippen molar-refractivity contribution < 1.29 is 9.59 Å². The number of carbonyl (C=O) groups is 2. The smallest absolute Gasteiger partial charge is 0.251 e. The Labute approximate surface area is 115 Å². The van der Waals surface area contributed by atoms with Crippen molar-refractivity contribution in [3.63, 3.8) is 0 Å². The quantitative estimate of drug-likeness (QED) is 0.893. The molecule has 0 heterocycles. The Kier molecular flexibility index (Phi) is 4.90. The third-order valence-corrected chi connectivity index (χ3v) is 3.11. The largest absolute Gasteiger partial charge is 0.359 e. The molecule has 2 amide bonds. The van der Waals surface area contributed by atoms with E-state index in [9.17, 15) is 9.59 Å². The Hall–Kier alpha value is -1.36. The molecule has 2 N–H and O–H groups in total. The molecule has 1 rings (SSSR count). The van der Waals surface area contributed by atoms with Crippen molar-refractivity contribution >= 4 is 27.7 Å². The molecule has 0 aromatic heterocycles. The summed E-state index contributed by atoms with van der Waals surface area (Å²) in [6.45, 7) is 3.86. The van der Waals surface area contributed by atoms with Crippen LogP contribution in [0.3, 0.4) is 0 Å². The van der Waals surface area contributed by atoms with E-state index in [1.54, 1.807) is 39.1 Å². The van der Waals surface area contributed by atoms with Gasteiger partial charge < -0.3 is 10.6 Å². The van der Waals surface area contributed by atoms with Gasteiger partial charge in [-0.05, 0) is 32.0 Å². The molecular formula is C13H17BrN2O2. The lowest BCUT2D eigenvalue weighted by molar-refractivity contribution is -0.128. The van der Waals surface area contributed by atoms with E-state index in [-0.39, 0.29) is 18.4 Å². The van der Waals surface area contributed by atoms with Crippen LogP contribution in [0.5, 0.6) is 0 Å². The van der Waals surface area contributed by atoms with Crippen molar-refractivity contribution in [2.75, 3.05) is 13.6 Å².